The fourth-order valence-corrected chi connectivity index (χ4v) is 7.04. The molecule has 2 rings (SSSR count). The first-order chi connectivity index (χ1) is 26.1. The number of carbonyl (C=O) groups excluding carboxylic acids is 1. The summed E-state index contributed by atoms with van der Waals surface area (Å²) in [6, 6.07) is 6.45. The van der Waals surface area contributed by atoms with E-state index in [0.29, 0.717) is 19.3 Å². The van der Waals surface area contributed by atoms with E-state index in [1.807, 2.05) is 24.3 Å². The lowest BCUT2D eigenvalue weighted by Gasteiger charge is -2.40. The lowest BCUT2D eigenvalue weighted by atomic mass is 9.98. The minimum Gasteiger partial charge on any atom is -0.497 e. The number of methoxy groups -OCH3 is 1. The highest BCUT2D eigenvalue weighted by molar-refractivity contribution is 5.76. The molecule has 1 aromatic carbocycles. The largest absolute Gasteiger partial charge is 0.497 e. The van der Waals surface area contributed by atoms with Crippen LogP contribution < -0.4 is 10.1 Å². The van der Waals surface area contributed by atoms with Crippen LogP contribution in [0.3, 0.4) is 0 Å². The Morgan fingerprint density at radius 2 is 1.24 bits per heavy atom. The van der Waals surface area contributed by atoms with Gasteiger partial charge in [0.15, 0.2) is 6.29 Å². The maximum atomic E-state index is 13.0. The molecule has 1 saturated heterocycles. The van der Waals surface area contributed by atoms with Gasteiger partial charge in [0.1, 0.15) is 36.3 Å². The lowest BCUT2D eigenvalue weighted by Crippen LogP contribution is -2.60. The van der Waals surface area contributed by atoms with Crippen LogP contribution in [0.5, 0.6) is 5.75 Å². The maximum absolute atomic E-state index is 13.0. The summed E-state index contributed by atoms with van der Waals surface area (Å²) in [5.41, 5.74) is 0.887. The van der Waals surface area contributed by atoms with Crippen molar-refractivity contribution >= 4 is 5.91 Å². The van der Waals surface area contributed by atoms with Gasteiger partial charge in [-0.1, -0.05) is 135 Å². The number of aliphatic hydroxyl groups is 7. The van der Waals surface area contributed by atoms with Crippen molar-refractivity contribution in [2.45, 2.75) is 203 Å². The van der Waals surface area contributed by atoms with E-state index in [-0.39, 0.29) is 18.9 Å². The van der Waals surface area contributed by atoms with Crippen LogP contribution in [0, 0.1) is 0 Å². The first kappa shape index (κ1) is 48.3. The topological polar surface area (TPSA) is 198 Å². The van der Waals surface area contributed by atoms with Crippen LogP contribution >= 0.6 is 0 Å². The van der Waals surface area contributed by atoms with Gasteiger partial charge in [0.25, 0.3) is 0 Å². The van der Waals surface area contributed by atoms with E-state index >= 15 is 0 Å². The van der Waals surface area contributed by atoms with Crippen molar-refractivity contribution in [3.05, 3.63) is 29.8 Å². The number of ether oxygens (including phenoxy) is 3. The van der Waals surface area contributed by atoms with Crippen molar-refractivity contribution in [2.75, 3.05) is 20.3 Å². The van der Waals surface area contributed by atoms with Gasteiger partial charge < -0.3 is 55.3 Å². The normalized spacial score (nSPS) is 22.4. The summed E-state index contributed by atoms with van der Waals surface area (Å²) in [6.07, 6.45) is 11.6. The molecule has 0 bridgehead atoms. The molecule has 314 valence electrons. The van der Waals surface area contributed by atoms with E-state index in [2.05, 4.69) is 12.2 Å². The molecule has 0 aliphatic carbocycles. The number of aliphatic hydroxyl groups excluding tert-OH is 7. The Morgan fingerprint density at radius 3 is 1.78 bits per heavy atom. The summed E-state index contributed by atoms with van der Waals surface area (Å²) < 4.78 is 16.3. The summed E-state index contributed by atoms with van der Waals surface area (Å²) in [5.74, 6) is 0.460. The van der Waals surface area contributed by atoms with Crippen molar-refractivity contribution in [3.63, 3.8) is 0 Å². The summed E-state index contributed by atoms with van der Waals surface area (Å²) >= 11 is 0. The number of nitrogens with one attached hydrogen (secondary N) is 1. The number of rotatable bonds is 32. The van der Waals surface area contributed by atoms with Crippen molar-refractivity contribution < 1.29 is 54.8 Å². The molecule has 1 heterocycles. The molecule has 0 radical (unpaired) electrons. The number of hydrogen-bond acceptors (Lipinski definition) is 11. The summed E-state index contributed by atoms with van der Waals surface area (Å²) in [7, 11) is 1.62. The molecule has 1 fully saturated rings. The van der Waals surface area contributed by atoms with Gasteiger partial charge in [0.05, 0.1) is 38.6 Å². The van der Waals surface area contributed by atoms with Crippen molar-refractivity contribution in [3.8, 4) is 5.75 Å². The fourth-order valence-electron chi connectivity index (χ4n) is 7.04. The minimum atomic E-state index is -1.62. The molecule has 2 unspecified atom stereocenters. The quantitative estimate of drug-likeness (QED) is 0.0440. The molecular weight excluding hydrogens is 694 g/mol. The van der Waals surface area contributed by atoms with Crippen LogP contribution in [0.2, 0.25) is 0 Å². The summed E-state index contributed by atoms with van der Waals surface area (Å²) in [5, 5.41) is 75.4. The van der Waals surface area contributed by atoms with Gasteiger partial charge in [-0.05, 0) is 37.0 Å². The zero-order chi connectivity index (χ0) is 39.6. The molecule has 1 aliphatic rings. The van der Waals surface area contributed by atoms with Gasteiger partial charge in [-0.2, -0.15) is 0 Å². The number of amides is 1. The standard InChI is InChI=1S/C42H75NO11/c1-3-4-5-6-7-8-9-10-11-13-17-20-23-35(46)38(48)33(30-53-42-41(51)40(50)39(49)36(29-44)54-42)43-37(47)24-21-18-15-12-14-16-19-22-34(45)31-25-27-32(52-2)28-26-31/h25-28,33-36,38-42,44-46,48-51H,3-24,29-30H2,1-2H3,(H,43,47)/t33-,34-,35+,36?,38-,39-,40-,41?,42-/m0/s1. The van der Waals surface area contributed by atoms with E-state index in [1.54, 1.807) is 7.11 Å². The molecule has 1 aromatic rings. The third-order valence-corrected chi connectivity index (χ3v) is 10.7. The Balaban J connectivity index is 1.73. The number of benzene rings is 1. The molecule has 12 heteroatoms. The number of unbranched alkanes of at least 4 members (excludes halogenated alkanes) is 17. The molecule has 0 spiro atoms. The third-order valence-electron chi connectivity index (χ3n) is 10.7. The van der Waals surface area contributed by atoms with E-state index < -0.39 is 61.7 Å². The SMILES string of the molecule is CCCCCCCCCCCCCC[C@@H](O)[C@@H](O)[C@H](CO[C@H]1OC(CO)[C@H](O)[C@H](O)C1O)NC(=O)CCCCCCCCC[C@H](O)c1ccc(OC)cc1. The van der Waals surface area contributed by atoms with Gasteiger partial charge in [-0.15, -0.1) is 0 Å². The van der Waals surface area contributed by atoms with Crippen molar-refractivity contribution in [1.29, 1.82) is 0 Å². The van der Waals surface area contributed by atoms with Gasteiger partial charge in [-0.25, -0.2) is 0 Å². The Hall–Kier alpha value is -1.87. The van der Waals surface area contributed by atoms with Crippen LogP contribution in [0.4, 0.5) is 0 Å². The minimum absolute atomic E-state index is 0.228. The zero-order valence-corrected chi connectivity index (χ0v) is 33.2. The van der Waals surface area contributed by atoms with E-state index in [9.17, 15) is 40.5 Å². The van der Waals surface area contributed by atoms with E-state index in [0.717, 1.165) is 75.5 Å². The Kier molecular flexibility index (Phi) is 26.3. The molecular formula is C42H75NO11. The second-order valence-electron chi connectivity index (χ2n) is 15.2. The summed E-state index contributed by atoms with van der Waals surface area (Å²) in [6.45, 7) is 1.28. The molecule has 1 amide bonds. The number of hydrogen-bond donors (Lipinski definition) is 8. The molecule has 54 heavy (non-hydrogen) atoms. The fraction of sp³-hybridized carbons (Fsp3) is 0.833. The van der Waals surface area contributed by atoms with Crippen LogP contribution in [-0.2, 0) is 14.3 Å². The maximum Gasteiger partial charge on any atom is 0.220 e. The molecule has 1 aliphatic heterocycles. The van der Waals surface area contributed by atoms with Crippen molar-refractivity contribution in [2.24, 2.45) is 0 Å². The van der Waals surface area contributed by atoms with Gasteiger partial charge in [0, 0.05) is 6.42 Å². The van der Waals surface area contributed by atoms with Gasteiger partial charge in [0.2, 0.25) is 5.91 Å². The molecule has 8 N–H and O–H groups in total. The van der Waals surface area contributed by atoms with Gasteiger partial charge >= 0.3 is 0 Å². The Bertz CT molecular complexity index is 1060. The molecule has 9 atom stereocenters. The second kappa shape index (κ2) is 29.4. The molecule has 0 saturated carbocycles. The molecule has 12 nitrogen and oxygen atoms in total. The van der Waals surface area contributed by atoms with E-state index in [4.69, 9.17) is 14.2 Å². The molecule has 0 aromatic heterocycles. The first-order valence-corrected chi connectivity index (χ1v) is 21.0. The van der Waals surface area contributed by atoms with Crippen molar-refractivity contribution in [1.82, 2.24) is 5.32 Å². The van der Waals surface area contributed by atoms with Crippen LogP contribution in [0.1, 0.15) is 160 Å². The van der Waals surface area contributed by atoms with Crippen LogP contribution in [0.25, 0.3) is 0 Å². The van der Waals surface area contributed by atoms with Crippen LogP contribution in [0.15, 0.2) is 24.3 Å². The highest BCUT2D eigenvalue weighted by Crippen LogP contribution is 2.24. The predicted molar refractivity (Wildman–Crippen MR) is 209 cm³/mol. The Labute approximate surface area is 324 Å². The average molecular weight is 770 g/mol. The van der Waals surface area contributed by atoms with Crippen LogP contribution in [-0.4, -0.2) is 111 Å². The van der Waals surface area contributed by atoms with E-state index in [1.165, 1.54) is 51.4 Å². The monoisotopic (exact) mass is 770 g/mol. The third kappa shape index (κ3) is 19.3. The number of carbonyl (C=O) groups is 1. The summed E-state index contributed by atoms with van der Waals surface area (Å²) in [4.78, 5) is 13.0. The smallest absolute Gasteiger partial charge is 0.220 e. The van der Waals surface area contributed by atoms with Gasteiger partial charge in [-0.3, -0.25) is 4.79 Å². The first-order valence-electron chi connectivity index (χ1n) is 21.0. The predicted octanol–water partition coefficient (Wildman–Crippen LogP) is 5.35. The second-order valence-corrected chi connectivity index (χ2v) is 15.2. The highest BCUT2D eigenvalue weighted by atomic mass is 16.7. The highest BCUT2D eigenvalue weighted by Gasteiger charge is 2.44. The zero-order valence-electron chi connectivity index (χ0n) is 33.2. The average Bonchev–Trinajstić information content (AvgIpc) is 3.18. The Morgan fingerprint density at radius 1 is 0.722 bits per heavy atom. The lowest BCUT2D eigenvalue weighted by molar-refractivity contribution is -0.303.